The van der Waals surface area contributed by atoms with Crippen LogP contribution in [0.1, 0.15) is 0 Å². The number of para-hydroxylation sites is 4. The van der Waals surface area contributed by atoms with Crippen molar-refractivity contribution in [3.05, 3.63) is 182 Å². The molecule has 4 aromatic heterocycles. The van der Waals surface area contributed by atoms with Crippen LogP contribution in [0.4, 0.5) is 0 Å². The van der Waals surface area contributed by atoms with Crippen molar-refractivity contribution in [3.8, 4) is 39.9 Å². The van der Waals surface area contributed by atoms with Crippen molar-refractivity contribution < 1.29 is 8.83 Å². The molecule has 0 aliphatic heterocycles. The van der Waals surface area contributed by atoms with Gasteiger partial charge >= 0.3 is 0 Å². The Morgan fingerprint density at radius 3 is 1.86 bits per heavy atom. The van der Waals surface area contributed by atoms with Gasteiger partial charge in [-0.15, -0.1) is 0 Å². The van der Waals surface area contributed by atoms with E-state index in [9.17, 15) is 0 Å². The summed E-state index contributed by atoms with van der Waals surface area (Å²) in [5.74, 6) is 1.62. The summed E-state index contributed by atoms with van der Waals surface area (Å²) in [4.78, 5) is 16.2. The van der Waals surface area contributed by atoms with Gasteiger partial charge in [-0.25, -0.2) is 15.0 Å². The fourth-order valence-corrected chi connectivity index (χ4v) is 9.12. The molecule has 59 heavy (non-hydrogen) atoms. The highest BCUT2D eigenvalue weighted by molar-refractivity contribution is 6.17. The molecule has 13 rings (SSSR count). The predicted octanol–water partition coefficient (Wildman–Crippen LogP) is 14.1. The summed E-state index contributed by atoms with van der Waals surface area (Å²) in [6.07, 6.45) is 0. The highest BCUT2D eigenvalue weighted by Crippen LogP contribution is 2.44. The number of hydrogen-bond acceptors (Lipinski definition) is 5. The van der Waals surface area contributed by atoms with Crippen molar-refractivity contribution in [3.63, 3.8) is 0 Å². The molecule has 0 aliphatic carbocycles. The van der Waals surface area contributed by atoms with Gasteiger partial charge in [-0.1, -0.05) is 127 Å². The van der Waals surface area contributed by atoms with Gasteiger partial charge in [0.15, 0.2) is 17.5 Å². The first-order valence-corrected chi connectivity index (χ1v) is 19.8. The summed E-state index contributed by atoms with van der Waals surface area (Å²) >= 11 is 0. The van der Waals surface area contributed by atoms with Crippen LogP contribution in [0, 0.1) is 0 Å². The maximum atomic E-state index is 6.60. The number of benzene rings is 9. The van der Waals surface area contributed by atoms with Gasteiger partial charge in [0.25, 0.3) is 0 Å². The van der Waals surface area contributed by atoms with E-state index in [1.54, 1.807) is 0 Å². The molecule has 0 saturated heterocycles. The third-order valence-corrected chi connectivity index (χ3v) is 11.8. The first-order chi connectivity index (χ1) is 29.2. The van der Waals surface area contributed by atoms with Crippen molar-refractivity contribution >= 4 is 87.2 Å². The minimum absolute atomic E-state index is 0.520. The van der Waals surface area contributed by atoms with Gasteiger partial charge in [-0.3, -0.25) is 0 Å². The molecule has 0 spiro atoms. The SMILES string of the molecule is c1ccc2cc(-c3nc(-c4cccc5c4oc4ccccc45)nc(-c4c(-n5c6ccccc6c6cc7ccccc7cc65)ccc5oc6ccccc6c45)n3)ccc2c1. The Hall–Kier alpha value is -8.09. The average Bonchev–Trinajstić information content (AvgIpc) is 3.97. The fourth-order valence-electron chi connectivity index (χ4n) is 9.12. The number of furan rings is 2. The van der Waals surface area contributed by atoms with E-state index in [4.69, 9.17) is 23.8 Å². The third kappa shape index (κ3) is 4.77. The number of aromatic nitrogens is 4. The molecule has 0 unspecified atom stereocenters. The molecule has 0 saturated carbocycles. The zero-order valence-corrected chi connectivity index (χ0v) is 31.4. The normalized spacial score (nSPS) is 12.1. The summed E-state index contributed by atoms with van der Waals surface area (Å²) in [5.41, 5.74) is 8.75. The first kappa shape index (κ1) is 32.0. The van der Waals surface area contributed by atoms with Gasteiger partial charge < -0.3 is 13.4 Å². The lowest BCUT2D eigenvalue weighted by Gasteiger charge is -2.16. The second-order valence-corrected chi connectivity index (χ2v) is 15.1. The molecule has 0 aliphatic rings. The number of nitrogens with zero attached hydrogens (tertiary/aromatic N) is 4. The summed E-state index contributed by atoms with van der Waals surface area (Å²) in [7, 11) is 0. The van der Waals surface area contributed by atoms with Gasteiger partial charge in [0.1, 0.15) is 22.3 Å². The van der Waals surface area contributed by atoms with Crippen molar-refractivity contribution in [2.75, 3.05) is 0 Å². The Morgan fingerprint density at radius 2 is 1.02 bits per heavy atom. The average molecular weight is 755 g/mol. The van der Waals surface area contributed by atoms with E-state index in [2.05, 4.69) is 150 Å². The van der Waals surface area contributed by atoms with Crippen LogP contribution in [0.5, 0.6) is 0 Å². The second kappa shape index (κ2) is 12.2. The van der Waals surface area contributed by atoms with Crippen LogP contribution in [0.2, 0.25) is 0 Å². The molecular weight excluding hydrogens is 725 g/mol. The van der Waals surface area contributed by atoms with E-state index in [1.807, 2.05) is 36.4 Å². The third-order valence-electron chi connectivity index (χ3n) is 11.8. The molecule has 0 atom stereocenters. The van der Waals surface area contributed by atoms with Gasteiger partial charge in [0.05, 0.1) is 27.8 Å². The van der Waals surface area contributed by atoms with Crippen LogP contribution in [-0.2, 0) is 0 Å². The summed E-state index contributed by atoms with van der Waals surface area (Å²) in [6.45, 7) is 0. The van der Waals surface area contributed by atoms with Crippen LogP contribution in [0.25, 0.3) is 127 Å². The summed E-state index contributed by atoms with van der Waals surface area (Å²) < 4.78 is 15.6. The molecule has 4 heterocycles. The van der Waals surface area contributed by atoms with Gasteiger partial charge in [-0.2, -0.15) is 0 Å². The van der Waals surface area contributed by atoms with Crippen molar-refractivity contribution in [2.45, 2.75) is 0 Å². The molecule has 9 aromatic carbocycles. The predicted molar refractivity (Wildman–Crippen MR) is 240 cm³/mol. The smallest absolute Gasteiger partial charge is 0.167 e. The minimum Gasteiger partial charge on any atom is -0.456 e. The van der Waals surface area contributed by atoms with Crippen LogP contribution in [0.3, 0.4) is 0 Å². The standard InChI is InChI=1S/C53H30N4O2/c1-2-13-32-28-35(25-24-31(32)12-1)51-54-52(40-20-11-19-38-37-17-6-9-22-45(37)59-50(38)40)56-53(55-51)49-43(26-27-47-48(49)39-18-7-10-23-46(39)58-47)57-42-21-8-5-16-36(42)41-29-33-14-3-4-15-34(33)30-44(41)57/h1-30H. The Morgan fingerprint density at radius 1 is 0.373 bits per heavy atom. The topological polar surface area (TPSA) is 69.9 Å². The van der Waals surface area contributed by atoms with Crippen LogP contribution >= 0.6 is 0 Å². The second-order valence-electron chi connectivity index (χ2n) is 15.1. The lowest BCUT2D eigenvalue weighted by molar-refractivity contribution is 0.668. The van der Waals surface area contributed by atoms with Crippen molar-refractivity contribution in [2.24, 2.45) is 0 Å². The maximum Gasteiger partial charge on any atom is 0.167 e. The largest absolute Gasteiger partial charge is 0.456 e. The van der Waals surface area contributed by atoms with Crippen molar-refractivity contribution in [1.82, 2.24) is 19.5 Å². The van der Waals surface area contributed by atoms with Gasteiger partial charge in [0.2, 0.25) is 0 Å². The number of fused-ring (bicyclic) bond motifs is 11. The van der Waals surface area contributed by atoms with E-state index in [0.29, 0.717) is 17.5 Å². The molecule has 274 valence electrons. The van der Waals surface area contributed by atoms with Crippen LogP contribution in [0.15, 0.2) is 191 Å². The zero-order valence-electron chi connectivity index (χ0n) is 31.4. The summed E-state index contributed by atoms with van der Waals surface area (Å²) in [5, 5.41) is 10.9. The maximum absolute atomic E-state index is 6.60. The number of hydrogen-bond donors (Lipinski definition) is 0. The van der Waals surface area contributed by atoms with E-state index in [1.165, 1.54) is 21.5 Å². The Labute approximate surface area is 336 Å². The molecule has 0 amide bonds. The van der Waals surface area contributed by atoms with Crippen molar-refractivity contribution in [1.29, 1.82) is 0 Å². The summed E-state index contributed by atoms with van der Waals surface area (Å²) in [6, 6.07) is 63.3. The van der Waals surface area contributed by atoms with E-state index < -0.39 is 0 Å². The molecular formula is C53H30N4O2. The fraction of sp³-hybridized carbons (Fsp3) is 0. The van der Waals surface area contributed by atoms with Gasteiger partial charge in [0, 0.05) is 37.9 Å². The van der Waals surface area contributed by atoms with E-state index in [0.717, 1.165) is 88.1 Å². The Bertz CT molecular complexity index is 3870. The first-order valence-electron chi connectivity index (χ1n) is 19.8. The monoisotopic (exact) mass is 754 g/mol. The Balaban J connectivity index is 1.18. The van der Waals surface area contributed by atoms with E-state index in [-0.39, 0.29) is 0 Å². The van der Waals surface area contributed by atoms with Gasteiger partial charge in [-0.05, 0) is 76.1 Å². The molecule has 0 bridgehead atoms. The lowest BCUT2D eigenvalue weighted by atomic mass is 10.0. The Kier molecular flexibility index (Phi) is 6.63. The highest BCUT2D eigenvalue weighted by atomic mass is 16.3. The minimum atomic E-state index is 0.520. The molecule has 13 aromatic rings. The quantitative estimate of drug-likeness (QED) is 0.179. The zero-order chi connectivity index (χ0) is 38.6. The van der Waals surface area contributed by atoms with Crippen LogP contribution < -0.4 is 0 Å². The molecule has 0 radical (unpaired) electrons. The molecule has 0 N–H and O–H groups in total. The van der Waals surface area contributed by atoms with Crippen LogP contribution in [-0.4, -0.2) is 19.5 Å². The number of rotatable bonds is 4. The molecule has 0 fully saturated rings. The molecule has 6 nitrogen and oxygen atoms in total. The highest BCUT2D eigenvalue weighted by Gasteiger charge is 2.25. The lowest BCUT2D eigenvalue weighted by Crippen LogP contribution is -2.04. The molecule has 6 heteroatoms. The van der Waals surface area contributed by atoms with E-state index >= 15 is 0 Å².